The molecule has 0 saturated carbocycles. The van der Waals surface area contributed by atoms with E-state index in [1.165, 1.54) is 12.1 Å². The lowest BCUT2D eigenvalue weighted by molar-refractivity contribution is -0.473. The van der Waals surface area contributed by atoms with Crippen LogP contribution in [-0.4, -0.2) is 10.1 Å². The highest BCUT2D eigenvalue weighted by molar-refractivity contribution is 9.10. The van der Waals surface area contributed by atoms with Crippen LogP contribution in [0.5, 0.6) is 0 Å². The van der Waals surface area contributed by atoms with Gasteiger partial charge in [0.25, 0.3) is 0 Å². The molecule has 1 rings (SSSR count). The second kappa shape index (κ2) is 3.34. The predicted molar refractivity (Wildman–Crippen MR) is 41.6 cm³/mol. The van der Waals surface area contributed by atoms with Crippen LogP contribution in [0.4, 0.5) is 5.69 Å². The molecule has 1 aromatic rings. The predicted octanol–water partition coefficient (Wildman–Crippen LogP) is 2.43. The number of hydrogen-bond donors (Lipinski definition) is 1. The van der Waals surface area contributed by atoms with Gasteiger partial charge >= 0.3 is 0 Å². The summed E-state index contributed by atoms with van der Waals surface area (Å²) in [5, 5.41) is 21.1. The van der Waals surface area contributed by atoms with Gasteiger partial charge in [0.15, 0.2) is 0 Å². The van der Waals surface area contributed by atoms with Crippen LogP contribution < -0.4 is 0 Å². The fourth-order valence-electron chi connectivity index (χ4n) is 0.620. The van der Waals surface area contributed by atoms with Crippen molar-refractivity contribution in [3.63, 3.8) is 0 Å². The van der Waals surface area contributed by atoms with Crippen LogP contribution in [0.15, 0.2) is 34.0 Å². The first kappa shape index (κ1) is 8.00. The topological polar surface area (TPSA) is 58.7 Å². The second-order valence-corrected chi connectivity index (χ2v) is 2.75. The highest BCUT2D eigenvalue weighted by atomic mass is 79.9. The molecule has 0 saturated heterocycles. The molecule has 0 heterocycles. The molecule has 0 radical (unpaired) electrons. The first-order chi connectivity index (χ1) is 5.24. The van der Waals surface area contributed by atoms with Gasteiger partial charge in [-0.25, -0.2) is 0 Å². The minimum absolute atomic E-state index is 0.131. The van der Waals surface area contributed by atoms with Gasteiger partial charge in [-0.05, 0) is 17.0 Å². The third-order valence-corrected chi connectivity index (χ3v) is 1.66. The van der Waals surface area contributed by atoms with E-state index in [1.807, 2.05) is 0 Å². The van der Waals surface area contributed by atoms with Gasteiger partial charge in [0.05, 0.1) is 0 Å². The van der Waals surface area contributed by atoms with Crippen molar-refractivity contribution in [2.45, 2.75) is 0 Å². The molecule has 0 spiro atoms. The highest BCUT2D eigenvalue weighted by Crippen LogP contribution is 2.15. The summed E-state index contributed by atoms with van der Waals surface area (Å²) in [5.41, 5.74) is 0.288. The molecule has 11 heavy (non-hydrogen) atoms. The molecule has 0 aliphatic rings. The molecule has 0 atom stereocenters. The van der Waals surface area contributed by atoms with E-state index >= 15 is 0 Å². The third kappa shape index (κ3) is 1.91. The number of halogens is 1. The Balaban J connectivity index is 2.99. The smallest absolute Gasteiger partial charge is 0.248 e. The summed E-state index contributed by atoms with van der Waals surface area (Å²) in [5.74, 6) is 0. The Kier molecular flexibility index (Phi) is 2.43. The maximum Gasteiger partial charge on any atom is 0.248 e. The van der Waals surface area contributed by atoms with Crippen LogP contribution >= 0.6 is 15.9 Å². The molecule has 5 heteroatoms. The van der Waals surface area contributed by atoms with E-state index in [0.717, 1.165) is 4.47 Å². The molecule has 4 nitrogen and oxygen atoms in total. The lowest BCUT2D eigenvalue weighted by Crippen LogP contribution is -1.89. The number of nitrogens with zero attached hydrogens (tertiary/aromatic N) is 2. The van der Waals surface area contributed by atoms with Crippen molar-refractivity contribution in [3.05, 3.63) is 33.9 Å². The average molecular weight is 217 g/mol. The molecule has 0 fully saturated rings. The summed E-state index contributed by atoms with van der Waals surface area (Å²) in [6.07, 6.45) is 0. The van der Waals surface area contributed by atoms with Crippen LogP contribution in [0.1, 0.15) is 0 Å². The molecule has 0 unspecified atom stereocenters. The average Bonchev–Trinajstić information content (AvgIpc) is 2.05. The molecule has 0 aliphatic heterocycles. The zero-order valence-electron chi connectivity index (χ0n) is 5.44. The second-order valence-electron chi connectivity index (χ2n) is 1.84. The maximum atomic E-state index is 10.6. The largest absolute Gasteiger partial charge is 0.592 e. The number of benzene rings is 1. The lowest BCUT2D eigenvalue weighted by atomic mass is 10.3. The third-order valence-electron chi connectivity index (χ3n) is 1.13. The summed E-state index contributed by atoms with van der Waals surface area (Å²) >= 11 is 3.20. The van der Waals surface area contributed by atoms with Gasteiger partial charge in [-0.15, -0.1) is 0 Å². The molecule has 0 amide bonds. The fraction of sp³-hybridized carbons (Fsp3) is 0. The fourth-order valence-corrected chi connectivity index (χ4v) is 0.885. The van der Waals surface area contributed by atoms with Gasteiger partial charge in [-0.3, -0.25) is 0 Å². The summed E-state index contributed by atoms with van der Waals surface area (Å²) in [6.45, 7) is 0. The normalized spacial score (nSPS) is 11.5. The van der Waals surface area contributed by atoms with Crippen molar-refractivity contribution in [2.24, 2.45) is 5.28 Å². The minimum atomic E-state index is 0.131. The van der Waals surface area contributed by atoms with Crippen molar-refractivity contribution in [2.75, 3.05) is 0 Å². The van der Waals surface area contributed by atoms with Crippen LogP contribution in [0, 0.1) is 5.21 Å². The first-order valence-corrected chi connectivity index (χ1v) is 3.61. The van der Waals surface area contributed by atoms with Crippen molar-refractivity contribution in [3.8, 4) is 0 Å². The van der Waals surface area contributed by atoms with E-state index in [-0.39, 0.29) is 10.5 Å². The Labute approximate surface area is 71.5 Å². The van der Waals surface area contributed by atoms with Gasteiger partial charge in [0.2, 0.25) is 11.0 Å². The van der Waals surface area contributed by atoms with E-state index in [9.17, 15) is 5.21 Å². The van der Waals surface area contributed by atoms with E-state index < -0.39 is 0 Å². The Hall–Kier alpha value is -1.10. The van der Waals surface area contributed by atoms with Crippen LogP contribution in [0.3, 0.4) is 0 Å². The van der Waals surface area contributed by atoms with Gasteiger partial charge in [-0.1, -0.05) is 15.9 Å². The Morgan fingerprint density at radius 3 is 2.36 bits per heavy atom. The zero-order valence-corrected chi connectivity index (χ0v) is 7.02. The van der Waals surface area contributed by atoms with Crippen molar-refractivity contribution in [1.82, 2.24) is 0 Å². The summed E-state index contributed by atoms with van der Waals surface area (Å²) in [6, 6.07) is 6.45. The van der Waals surface area contributed by atoms with E-state index in [1.54, 1.807) is 12.1 Å². The number of hydrogen-bond acceptors (Lipinski definition) is 2. The Morgan fingerprint density at radius 2 is 1.91 bits per heavy atom. The molecule has 1 N–H and O–H groups in total. The van der Waals surface area contributed by atoms with Crippen molar-refractivity contribution >= 4 is 21.6 Å². The molecular formula is C6H5BrN2O2. The van der Waals surface area contributed by atoms with E-state index in [2.05, 4.69) is 21.2 Å². The Bertz CT molecular complexity index is 270. The first-order valence-electron chi connectivity index (χ1n) is 2.82. The molecule has 0 aliphatic carbocycles. The SMILES string of the molecule is [O-]/[N+](=N\O)c1ccc(Br)cc1. The van der Waals surface area contributed by atoms with Crippen molar-refractivity contribution in [1.29, 1.82) is 0 Å². The summed E-state index contributed by atoms with van der Waals surface area (Å²) < 4.78 is 0.868. The minimum Gasteiger partial charge on any atom is -0.592 e. The molecule has 0 bridgehead atoms. The van der Waals surface area contributed by atoms with Crippen molar-refractivity contribution < 1.29 is 10.1 Å². The van der Waals surface area contributed by atoms with Gasteiger partial charge in [0, 0.05) is 16.6 Å². The van der Waals surface area contributed by atoms with Gasteiger partial charge in [0.1, 0.15) is 0 Å². The lowest BCUT2D eigenvalue weighted by Gasteiger charge is -1.95. The van der Waals surface area contributed by atoms with Crippen LogP contribution in [0.25, 0.3) is 0 Å². The Morgan fingerprint density at radius 1 is 1.36 bits per heavy atom. The molecular weight excluding hydrogens is 212 g/mol. The monoisotopic (exact) mass is 216 g/mol. The van der Waals surface area contributed by atoms with Gasteiger partial charge in [-0.2, -0.15) is 0 Å². The summed E-state index contributed by atoms with van der Waals surface area (Å²) in [4.78, 5) is 0.131. The number of rotatable bonds is 1. The standard InChI is InChI=1S/C6H5BrN2O2/c7-5-1-3-6(4-2-5)9(11)8-10/h1-4,10H/b9-8-. The van der Waals surface area contributed by atoms with E-state index in [0.29, 0.717) is 0 Å². The van der Waals surface area contributed by atoms with Crippen LogP contribution in [0.2, 0.25) is 0 Å². The van der Waals surface area contributed by atoms with Crippen LogP contribution in [-0.2, 0) is 0 Å². The zero-order chi connectivity index (χ0) is 8.27. The maximum absolute atomic E-state index is 10.6. The molecule has 58 valence electrons. The molecule has 1 aromatic carbocycles. The van der Waals surface area contributed by atoms with E-state index in [4.69, 9.17) is 5.21 Å². The summed E-state index contributed by atoms with van der Waals surface area (Å²) in [7, 11) is 0. The van der Waals surface area contributed by atoms with Gasteiger partial charge < -0.3 is 10.4 Å². The molecule has 0 aromatic heterocycles. The quantitative estimate of drug-likeness (QED) is 0.446. The highest BCUT2D eigenvalue weighted by Gasteiger charge is 2.00.